The first kappa shape index (κ1) is 46.4. The third-order valence-corrected chi connectivity index (χ3v) is 9.29. The molecule has 0 aromatic heterocycles. The number of ether oxygens (including phenoxy) is 3. The number of hydrogen-bond acceptors (Lipinski definition) is 6. The molecule has 0 aromatic rings. The summed E-state index contributed by atoms with van der Waals surface area (Å²) in [5.74, 6) is -0.0685. The fourth-order valence-corrected chi connectivity index (χ4v) is 6.10. The summed E-state index contributed by atoms with van der Waals surface area (Å²) in [4.78, 5) is 37.5. The van der Waals surface area contributed by atoms with Crippen molar-refractivity contribution in [1.82, 2.24) is 0 Å². The van der Waals surface area contributed by atoms with Crippen molar-refractivity contribution in [2.75, 3.05) is 13.2 Å². The van der Waals surface area contributed by atoms with E-state index in [1.165, 1.54) is 122 Å². The van der Waals surface area contributed by atoms with Crippen molar-refractivity contribution in [2.24, 2.45) is 5.92 Å². The Hall–Kier alpha value is -1.59. The first-order valence-corrected chi connectivity index (χ1v) is 20.9. The van der Waals surface area contributed by atoms with Crippen LogP contribution in [0.3, 0.4) is 0 Å². The fourth-order valence-electron chi connectivity index (χ4n) is 6.10. The van der Waals surface area contributed by atoms with Gasteiger partial charge in [-0.1, -0.05) is 188 Å². The SMILES string of the molecule is CCCCCCCCCCCCC(=O)O[C@@H](COC(=O)CCCCCCCCCCC)COC(=O)CCCCCCCCCCC(C)C. The first-order valence-electron chi connectivity index (χ1n) is 20.9. The van der Waals surface area contributed by atoms with Gasteiger partial charge in [0.25, 0.3) is 0 Å². The van der Waals surface area contributed by atoms with Crippen LogP contribution < -0.4 is 0 Å². The van der Waals surface area contributed by atoms with E-state index in [9.17, 15) is 14.4 Å². The van der Waals surface area contributed by atoms with Gasteiger partial charge in [-0.15, -0.1) is 0 Å². The van der Waals surface area contributed by atoms with Gasteiger partial charge >= 0.3 is 17.9 Å². The van der Waals surface area contributed by atoms with Crippen LogP contribution >= 0.6 is 0 Å². The molecule has 0 rings (SSSR count). The van der Waals surface area contributed by atoms with Crippen LogP contribution in [0.25, 0.3) is 0 Å². The van der Waals surface area contributed by atoms with Crippen molar-refractivity contribution in [3.05, 3.63) is 0 Å². The molecule has 0 saturated heterocycles. The Labute approximate surface area is 298 Å². The zero-order chi connectivity index (χ0) is 35.3. The van der Waals surface area contributed by atoms with Crippen LogP contribution in [0.15, 0.2) is 0 Å². The van der Waals surface area contributed by atoms with E-state index in [2.05, 4.69) is 27.7 Å². The summed E-state index contributed by atoms with van der Waals surface area (Å²) >= 11 is 0. The van der Waals surface area contributed by atoms with Gasteiger partial charge in [-0.05, 0) is 25.2 Å². The van der Waals surface area contributed by atoms with Crippen LogP contribution in [0.2, 0.25) is 0 Å². The highest BCUT2D eigenvalue weighted by molar-refractivity contribution is 5.71. The lowest BCUT2D eigenvalue weighted by atomic mass is 10.0. The van der Waals surface area contributed by atoms with E-state index in [1.54, 1.807) is 0 Å². The fraction of sp³-hybridized carbons (Fsp3) is 0.929. The summed E-state index contributed by atoms with van der Waals surface area (Å²) in [6, 6.07) is 0. The molecular formula is C42H80O6. The molecule has 6 nitrogen and oxygen atoms in total. The lowest BCUT2D eigenvalue weighted by molar-refractivity contribution is -0.167. The normalized spacial score (nSPS) is 11.9. The molecule has 0 aliphatic carbocycles. The molecule has 1 atom stereocenters. The predicted octanol–water partition coefficient (Wildman–Crippen LogP) is 12.8. The molecule has 6 heteroatoms. The van der Waals surface area contributed by atoms with Gasteiger partial charge in [0.15, 0.2) is 6.10 Å². The van der Waals surface area contributed by atoms with Gasteiger partial charge < -0.3 is 14.2 Å². The van der Waals surface area contributed by atoms with Crippen molar-refractivity contribution in [3.8, 4) is 0 Å². The molecule has 0 heterocycles. The van der Waals surface area contributed by atoms with E-state index in [0.717, 1.165) is 63.7 Å². The number of rotatable bonds is 37. The Kier molecular flexibility index (Phi) is 35.5. The maximum atomic E-state index is 12.6. The largest absolute Gasteiger partial charge is 0.462 e. The summed E-state index contributed by atoms with van der Waals surface area (Å²) < 4.78 is 16.6. The van der Waals surface area contributed by atoms with Crippen molar-refractivity contribution in [3.63, 3.8) is 0 Å². The topological polar surface area (TPSA) is 78.9 Å². The molecule has 0 amide bonds. The van der Waals surface area contributed by atoms with Crippen molar-refractivity contribution in [1.29, 1.82) is 0 Å². The molecule has 284 valence electrons. The van der Waals surface area contributed by atoms with E-state index in [4.69, 9.17) is 14.2 Å². The molecule has 0 fully saturated rings. The van der Waals surface area contributed by atoms with Gasteiger partial charge in [-0.25, -0.2) is 0 Å². The van der Waals surface area contributed by atoms with E-state index in [0.29, 0.717) is 19.3 Å². The number of carbonyl (C=O) groups excluding carboxylic acids is 3. The van der Waals surface area contributed by atoms with Crippen LogP contribution in [-0.4, -0.2) is 37.2 Å². The average molecular weight is 681 g/mol. The molecule has 0 spiro atoms. The van der Waals surface area contributed by atoms with Crippen LogP contribution in [0.1, 0.15) is 227 Å². The van der Waals surface area contributed by atoms with Gasteiger partial charge in [-0.2, -0.15) is 0 Å². The molecule has 0 radical (unpaired) electrons. The van der Waals surface area contributed by atoms with E-state index >= 15 is 0 Å². The van der Waals surface area contributed by atoms with Crippen LogP contribution in [0, 0.1) is 5.92 Å². The molecule has 0 N–H and O–H groups in total. The minimum atomic E-state index is -0.757. The first-order chi connectivity index (χ1) is 23.4. The summed E-state index contributed by atoms with van der Waals surface area (Å²) in [6.07, 6.45) is 33.7. The molecule has 0 bridgehead atoms. The van der Waals surface area contributed by atoms with Crippen molar-refractivity contribution in [2.45, 2.75) is 233 Å². The standard InChI is InChI=1S/C42H80O6/c1-5-7-9-11-13-15-17-23-27-31-35-42(45)48-39(36-46-40(43)33-29-25-21-16-14-12-10-8-6-2)37-47-41(44)34-30-26-22-19-18-20-24-28-32-38(3)4/h38-39H,5-37H2,1-4H3/t39-/m0/s1. The summed E-state index contributed by atoms with van der Waals surface area (Å²) in [7, 11) is 0. The quantitative estimate of drug-likeness (QED) is 0.0369. The van der Waals surface area contributed by atoms with Gasteiger partial charge in [0, 0.05) is 19.3 Å². The zero-order valence-electron chi connectivity index (χ0n) is 32.4. The maximum Gasteiger partial charge on any atom is 0.306 e. The van der Waals surface area contributed by atoms with Crippen LogP contribution in [-0.2, 0) is 28.6 Å². The highest BCUT2D eigenvalue weighted by Crippen LogP contribution is 2.15. The van der Waals surface area contributed by atoms with E-state index < -0.39 is 6.10 Å². The molecule has 0 unspecified atom stereocenters. The summed E-state index contributed by atoms with van der Waals surface area (Å²) in [5.41, 5.74) is 0. The van der Waals surface area contributed by atoms with Gasteiger partial charge in [-0.3, -0.25) is 14.4 Å². The Morgan fingerprint density at radius 2 is 0.688 bits per heavy atom. The van der Waals surface area contributed by atoms with Gasteiger partial charge in [0.1, 0.15) is 13.2 Å². The second-order valence-electron chi connectivity index (χ2n) is 14.7. The molecule has 48 heavy (non-hydrogen) atoms. The van der Waals surface area contributed by atoms with Gasteiger partial charge in [0.2, 0.25) is 0 Å². The molecule has 0 aliphatic rings. The van der Waals surface area contributed by atoms with Crippen LogP contribution in [0.5, 0.6) is 0 Å². The molecule has 0 saturated carbocycles. The number of hydrogen-bond donors (Lipinski definition) is 0. The molecule has 0 aromatic carbocycles. The van der Waals surface area contributed by atoms with E-state index in [1.807, 2.05) is 0 Å². The Morgan fingerprint density at radius 3 is 1.02 bits per heavy atom. The highest BCUT2D eigenvalue weighted by Gasteiger charge is 2.19. The van der Waals surface area contributed by atoms with E-state index in [-0.39, 0.29) is 31.1 Å². The van der Waals surface area contributed by atoms with Crippen molar-refractivity contribution < 1.29 is 28.6 Å². The highest BCUT2D eigenvalue weighted by atomic mass is 16.6. The Balaban J connectivity index is 4.34. The van der Waals surface area contributed by atoms with Gasteiger partial charge in [0.05, 0.1) is 0 Å². The lowest BCUT2D eigenvalue weighted by Gasteiger charge is -2.18. The maximum absolute atomic E-state index is 12.6. The number of carbonyl (C=O) groups is 3. The Morgan fingerprint density at radius 1 is 0.396 bits per heavy atom. The smallest absolute Gasteiger partial charge is 0.306 e. The summed E-state index contributed by atoms with van der Waals surface area (Å²) in [5, 5.41) is 0. The molecule has 0 aliphatic heterocycles. The second kappa shape index (κ2) is 36.7. The third-order valence-electron chi connectivity index (χ3n) is 9.29. The summed E-state index contributed by atoms with van der Waals surface area (Å²) in [6.45, 7) is 8.91. The Bertz CT molecular complexity index is 721. The second-order valence-corrected chi connectivity index (χ2v) is 14.7. The lowest BCUT2D eigenvalue weighted by Crippen LogP contribution is -2.30. The number of esters is 3. The number of unbranched alkanes of at least 4 members (excludes halogenated alkanes) is 24. The van der Waals surface area contributed by atoms with Crippen molar-refractivity contribution >= 4 is 17.9 Å². The third kappa shape index (κ3) is 35.7. The minimum Gasteiger partial charge on any atom is -0.462 e. The predicted molar refractivity (Wildman–Crippen MR) is 201 cm³/mol. The minimum absolute atomic E-state index is 0.0650. The zero-order valence-corrected chi connectivity index (χ0v) is 32.4. The average Bonchev–Trinajstić information content (AvgIpc) is 3.06. The monoisotopic (exact) mass is 681 g/mol. The van der Waals surface area contributed by atoms with Crippen LogP contribution in [0.4, 0.5) is 0 Å². The molecular weight excluding hydrogens is 600 g/mol.